The molecule has 3 atom stereocenters. The second-order valence-corrected chi connectivity index (χ2v) is 16.5. The Morgan fingerprint density at radius 1 is 0.684 bits per heavy atom. The topological polar surface area (TPSA) is 54.5 Å². The Morgan fingerprint density at radius 2 is 1.51 bits per heavy atom. The first kappa shape index (κ1) is 32.7. The number of allylic oxidation sites excluding steroid dienone is 4. The van der Waals surface area contributed by atoms with E-state index >= 15 is 0 Å². The van der Waals surface area contributed by atoms with Crippen molar-refractivity contribution in [2.24, 2.45) is 10.9 Å². The van der Waals surface area contributed by atoms with E-state index in [0.717, 1.165) is 58.2 Å². The maximum absolute atomic E-state index is 6.55. The van der Waals surface area contributed by atoms with E-state index in [9.17, 15) is 0 Å². The minimum Gasteiger partial charge on any atom is -0.456 e. The van der Waals surface area contributed by atoms with Crippen LogP contribution in [0.15, 0.2) is 167 Å². The van der Waals surface area contributed by atoms with Gasteiger partial charge in [0.15, 0.2) is 0 Å². The zero-order valence-corrected chi connectivity index (χ0v) is 32.0. The Hall–Kier alpha value is -6.47. The number of thiophene rings is 1. The van der Waals surface area contributed by atoms with E-state index in [4.69, 9.17) is 9.41 Å². The molecule has 2 N–H and O–H groups in total. The van der Waals surface area contributed by atoms with Crippen LogP contribution in [0.5, 0.6) is 0 Å². The third-order valence-electron chi connectivity index (χ3n) is 12.1. The monoisotopic (exact) mass is 754 g/mol. The molecule has 0 radical (unpaired) electrons. The smallest absolute Gasteiger partial charge is 0.137 e. The summed E-state index contributed by atoms with van der Waals surface area (Å²) in [6, 6.07) is 46.3. The van der Waals surface area contributed by atoms with Gasteiger partial charge in [0.05, 0.1) is 22.8 Å². The van der Waals surface area contributed by atoms with Crippen LogP contribution in [0, 0.1) is 5.92 Å². The molecule has 3 aromatic heterocycles. The number of aliphatic imine (C=N–C) groups is 1. The van der Waals surface area contributed by atoms with Gasteiger partial charge in [-0.2, -0.15) is 0 Å². The number of nitrogens with one attached hydrogen (secondary N) is 2. The molecule has 1 aliphatic heterocycles. The van der Waals surface area contributed by atoms with Gasteiger partial charge in [-0.1, -0.05) is 109 Å². The quantitative estimate of drug-likeness (QED) is 0.184. The summed E-state index contributed by atoms with van der Waals surface area (Å²) in [7, 11) is 0. The molecule has 0 saturated heterocycles. The summed E-state index contributed by atoms with van der Waals surface area (Å²) in [6.07, 6.45) is 16.4. The number of amidine groups is 1. The van der Waals surface area contributed by atoms with Crippen LogP contribution in [0.25, 0.3) is 75.9 Å². The van der Waals surface area contributed by atoms with Crippen LogP contribution in [0.2, 0.25) is 0 Å². The number of aromatic nitrogens is 1. The van der Waals surface area contributed by atoms with Gasteiger partial charge in [-0.05, 0) is 90.6 Å². The summed E-state index contributed by atoms with van der Waals surface area (Å²) in [5.41, 5.74) is 11.6. The van der Waals surface area contributed by atoms with Gasteiger partial charge in [-0.25, -0.2) is 4.99 Å². The van der Waals surface area contributed by atoms with E-state index in [1.165, 1.54) is 59.1 Å². The zero-order chi connectivity index (χ0) is 37.5. The third kappa shape index (κ3) is 5.36. The van der Waals surface area contributed by atoms with Crippen molar-refractivity contribution in [3.8, 4) is 16.8 Å². The number of fused-ring (bicyclic) bond motifs is 9. The van der Waals surface area contributed by atoms with Crippen molar-refractivity contribution in [3.63, 3.8) is 0 Å². The van der Waals surface area contributed by atoms with Crippen LogP contribution >= 0.6 is 11.3 Å². The summed E-state index contributed by atoms with van der Waals surface area (Å²) in [5.74, 6) is 1.25. The molecular weight excluding hydrogens is 717 g/mol. The number of para-hydroxylation sites is 1. The van der Waals surface area contributed by atoms with Crippen LogP contribution in [-0.4, -0.2) is 16.6 Å². The number of hydrogen-bond donors (Lipinski definition) is 2. The van der Waals surface area contributed by atoms with Gasteiger partial charge in [-0.15, -0.1) is 11.3 Å². The maximum atomic E-state index is 6.55. The molecule has 0 saturated carbocycles. The lowest BCUT2D eigenvalue weighted by Gasteiger charge is -2.35. The van der Waals surface area contributed by atoms with Crippen molar-refractivity contribution in [2.45, 2.75) is 31.6 Å². The molecule has 0 amide bonds. The van der Waals surface area contributed by atoms with Crippen molar-refractivity contribution >= 4 is 76.3 Å². The Balaban J connectivity index is 0.965. The lowest BCUT2D eigenvalue weighted by molar-refractivity contribution is 0.328. The van der Waals surface area contributed by atoms with Crippen LogP contribution in [-0.2, 0) is 6.42 Å². The highest BCUT2D eigenvalue weighted by atomic mass is 32.1. The first-order valence-electron chi connectivity index (χ1n) is 19.9. The number of benzene rings is 6. The molecular formula is C51H38N4OS. The lowest BCUT2D eigenvalue weighted by Crippen LogP contribution is -2.54. The Labute approximate surface area is 334 Å². The van der Waals surface area contributed by atoms with Crippen LogP contribution < -0.4 is 10.6 Å². The normalized spacial score (nSPS) is 19.2. The van der Waals surface area contributed by atoms with E-state index in [-0.39, 0.29) is 12.3 Å². The highest BCUT2D eigenvalue weighted by Gasteiger charge is 2.29. The van der Waals surface area contributed by atoms with Crippen LogP contribution in [0.1, 0.15) is 41.4 Å². The number of furan rings is 1. The van der Waals surface area contributed by atoms with Gasteiger partial charge in [0, 0.05) is 53.7 Å². The highest BCUT2D eigenvalue weighted by molar-refractivity contribution is 7.25. The third-order valence-corrected chi connectivity index (χ3v) is 13.2. The Kier molecular flexibility index (Phi) is 7.50. The summed E-state index contributed by atoms with van der Waals surface area (Å²) in [5, 5.41) is 13.7. The molecule has 0 fully saturated rings. The van der Waals surface area contributed by atoms with E-state index in [1.54, 1.807) is 0 Å². The number of rotatable bonds is 5. The van der Waals surface area contributed by atoms with Gasteiger partial charge in [-0.3, -0.25) is 5.32 Å². The largest absolute Gasteiger partial charge is 0.456 e. The molecule has 6 aromatic carbocycles. The minimum absolute atomic E-state index is 0.0540. The minimum atomic E-state index is -0.182. The molecule has 4 heterocycles. The van der Waals surface area contributed by atoms with Crippen LogP contribution in [0.3, 0.4) is 0 Å². The summed E-state index contributed by atoms with van der Waals surface area (Å²) in [4.78, 5) is 5.26. The molecule has 12 rings (SSSR count). The lowest BCUT2D eigenvalue weighted by atomic mass is 9.95. The molecule has 3 unspecified atom stereocenters. The summed E-state index contributed by atoms with van der Waals surface area (Å²) in [6.45, 7) is 0. The van der Waals surface area contributed by atoms with Crippen molar-refractivity contribution in [1.82, 2.24) is 15.2 Å². The van der Waals surface area contributed by atoms with Crippen LogP contribution in [0.4, 0.5) is 0 Å². The zero-order valence-electron chi connectivity index (χ0n) is 31.2. The molecule has 6 heteroatoms. The SMILES string of the molecule is C1=CCC(C2NC(c3ccccc3)=NC(c3ccc4sc5ccc(-c6ccc7oc8cccc(-n9c%10c(c%11ccccc%119)C=CCC%10)c8c7c6)cc5c4c3)N2)C=C1. The van der Waals surface area contributed by atoms with Gasteiger partial charge in [0.2, 0.25) is 0 Å². The summed E-state index contributed by atoms with van der Waals surface area (Å²) >= 11 is 1.85. The van der Waals surface area contributed by atoms with Gasteiger partial charge in [0.1, 0.15) is 23.2 Å². The molecule has 0 spiro atoms. The van der Waals surface area contributed by atoms with E-state index in [2.05, 4.69) is 179 Å². The summed E-state index contributed by atoms with van der Waals surface area (Å²) < 4.78 is 11.6. The fraction of sp³-hybridized carbons (Fsp3) is 0.118. The fourth-order valence-corrected chi connectivity index (χ4v) is 10.4. The predicted molar refractivity (Wildman–Crippen MR) is 238 cm³/mol. The highest BCUT2D eigenvalue weighted by Crippen LogP contribution is 2.42. The first-order valence-corrected chi connectivity index (χ1v) is 20.8. The van der Waals surface area contributed by atoms with Gasteiger partial charge >= 0.3 is 0 Å². The number of hydrogen-bond acceptors (Lipinski definition) is 5. The molecule has 9 aromatic rings. The predicted octanol–water partition coefficient (Wildman–Crippen LogP) is 12.6. The standard InChI is InChI=1S/C51H38N4OS/c1-3-12-31(13-4-1)49-52-50(32-14-5-2-6-15-32)54-51(53-49)35-24-27-47-39(30-35)38-28-34(23-26-46(38)57-47)33-22-25-44-40(29-33)48-43(20-11-21-45(48)56-44)55-41-18-9-7-16-36(41)37-17-8-10-19-42(37)55/h1-9,11-14,16-18,20-30,32,50-51,54H,10,15,19H2,(H,52,53). The Morgan fingerprint density at radius 3 is 2.40 bits per heavy atom. The average Bonchev–Trinajstić information content (AvgIpc) is 3.95. The molecule has 5 nitrogen and oxygen atoms in total. The molecule has 3 aliphatic rings. The van der Waals surface area contributed by atoms with Crippen molar-refractivity contribution in [3.05, 3.63) is 180 Å². The Bertz CT molecular complexity index is 3190. The molecule has 2 aliphatic carbocycles. The maximum Gasteiger partial charge on any atom is 0.137 e. The van der Waals surface area contributed by atoms with Gasteiger partial charge < -0.3 is 14.3 Å². The van der Waals surface area contributed by atoms with Crippen molar-refractivity contribution < 1.29 is 4.42 Å². The van der Waals surface area contributed by atoms with E-state index in [1.807, 2.05) is 11.3 Å². The molecule has 274 valence electrons. The number of nitrogens with zero attached hydrogens (tertiary/aromatic N) is 2. The second-order valence-electron chi connectivity index (χ2n) is 15.4. The fourth-order valence-electron chi connectivity index (χ4n) is 9.33. The second kappa shape index (κ2) is 13.1. The average molecular weight is 755 g/mol. The first-order chi connectivity index (χ1) is 28.2. The molecule has 57 heavy (non-hydrogen) atoms. The van der Waals surface area contributed by atoms with Gasteiger partial charge in [0.25, 0.3) is 0 Å². The van der Waals surface area contributed by atoms with E-state index < -0.39 is 0 Å². The van der Waals surface area contributed by atoms with E-state index in [0.29, 0.717) is 5.92 Å². The molecule has 0 bridgehead atoms. The van der Waals surface area contributed by atoms with Crippen molar-refractivity contribution in [1.29, 1.82) is 0 Å². The van der Waals surface area contributed by atoms with Crippen molar-refractivity contribution in [2.75, 3.05) is 0 Å².